The maximum absolute atomic E-state index is 12.4. The molecule has 1 saturated heterocycles. The highest BCUT2D eigenvalue weighted by Crippen LogP contribution is 2.33. The second kappa shape index (κ2) is 4.90. The number of nitrogens with two attached hydrogens (primary N) is 1. The Kier molecular flexibility index (Phi) is 3.24. The largest absolute Gasteiger partial charge is 0.397 e. The van der Waals surface area contributed by atoms with Crippen molar-refractivity contribution >= 4 is 43.8 Å². The van der Waals surface area contributed by atoms with Gasteiger partial charge in [0.05, 0.1) is 10.4 Å². The molecule has 0 unspecified atom stereocenters. The van der Waals surface area contributed by atoms with Gasteiger partial charge < -0.3 is 10.6 Å². The summed E-state index contributed by atoms with van der Waals surface area (Å²) >= 11 is 1.37. The van der Waals surface area contributed by atoms with Gasteiger partial charge >= 0.3 is 0 Å². The molecule has 1 aliphatic rings. The molecule has 0 spiro atoms. The van der Waals surface area contributed by atoms with E-state index in [-0.39, 0.29) is 5.91 Å². The minimum atomic E-state index is -0.786. The molecule has 1 amide bonds. The van der Waals surface area contributed by atoms with E-state index in [2.05, 4.69) is 4.98 Å². The van der Waals surface area contributed by atoms with Crippen molar-refractivity contribution in [2.75, 3.05) is 30.3 Å². The van der Waals surface area contributed by atoms with Crippen LogP contribution in [0.1, 0.15) is 9.67 Å². The van der Waals surface area contributed by atoms with Gasteiger partial charge in [-0.2, -0.15) is 0 Å². The SMILES string of the molecule is Nc1c(C(=O)N2CCS(=O)CC2)sc2cnccc12. The van der Waals surface area contributed by atoms with Crippen LogP contribution in [-0.2, 0) is 10.8 Å². The number of hydrogen-bond acceptors (Lipinski definition) is 5. The van der Waals surface area contributed by atoms with E-state index in [0.717, 1.165) is 10.1 Å². The lowest BCUT2D eigenvalue weighted by Crippen LogP contribution is -2.41. The first-order valence-electron chi connectivity index (χ1n) is 5.93. The van der Waals surface area contributed by atoms with Gasteiger partial charge in [-0.1, -0.05) is 0 Å². The summed E-state index contributed by atoms with van der Waals surface area (Å²) in [4.78, 5) is 18.8. The molecule has 1 fully saturated rings. The highest BCUT2D eigenvalue weighted by Gasteiger charge is 2.25. The van der Waals surface area contributed by atoms with E-state index < -0.39 is 10.8 Å². The molecule has 5 nitrogen and oxygen atoms in total. The number of anilines is 1. The Bertz CT molecular complexity index is 658. The van der Waals surface area contributed by atoms with Gasteiger partial charge in [0.1, 0.15) is 4.88 Å². The standard InChI is InChI=1S/C12H13N3O2S2/c13-10-8-1-2-14-7-9(8)18-11(10)12(16)15-3-5-19(17)6-4-15/h1-2,7H,3-6,13H2. The minimum absolute atomic E-state index is 0.0598. The molecule has 0 bridgehead atoms. The number of thiophene rings is 1. The molecule has 100 valence electrons. The normalized spacial score (nSPS) is 16.9. The predicted octanol–water partition coefficient (Wildman–Crippen LogP) is 1.08. The number of aromatic nitrogens is 1. The first kappa shape index (κ1) is 12.6. The Morgan fingerprint density at radius 2 is 2.16 bits per heavy atom. The number of nitrogen functional groups attached to an aromatic ring is 1. The van der Waals surface area contributed by atoms with Gasteiger partial charge in [0, 0.05) is 53.2 Å². The second-order valence-electron chi connectivity index (χ2n) is 4.36. The quantitative estimate of drug-likeness (QED) is 0.854. The third-order valence-corrected chi connectivity index (χ3v) is 5.61. The first-order chi connectivity index (χ1) is 9.16. The van der Waals surface area contributed by atoms with Crippen LogP contribution in [-0.4, -0.2) is 44.6 Å². The Morgan fingerprint density at radius 3 is 2.84 bits per heavy atom. The monoisotopic (exact) mass is 295 g/mol. The molecule has 0 radical (unpaired) electrons. The summed E-state index contributed by atoms with van der Waals surface area (Å²) in [6.07, 6.45) is 3.39. The van der Waals surface area contributed by atoms with Crippen molar-refractivity contribution in [3.05, 3.63) is 23.3 Å². The molecular weight excluding hydrogens is 282 g/mol. The van der Waals surface area contributed by atoms with Crippen molar-refractivity contribution in [2.24, 2.45) is 0 Å². The average Bonchev–Trinajstić information content (AvgIpc) is 2.77. The van der Waals surface area contributed by atoms with Crippen LogP contribution in [0.2, 0.25) is 0 Å². The van der Waals surface area contributed by atoms with Gasteiger partial charge in [0.15, 0.2) is 0 Å². The van der Waals surface area contributed by atoms with Crippen molar-refractivity contribution < 1.29 is 9.00 Å². The fourth-order valence-electron chi connectivity index (χ4n) is 2.11. The molecule has 1 aliphatic heterocycles. The topological polar surface area (TPSA) is 76.3 Å². The fraction of sp³-hybridized carbons (Fsp3) is 0.333. The van der Waals surface area contributed by atoms with Crippen LogP contribution >= 0.6 is 11.3 Å². The fourth-order valence-corrected chi connectivity index (χ4v) is 4.22. The Morgan fingerprint density at radius 1 is 1.42 bits per heavy atom. The molecule has 0 atom stereocenters. The van der Waals surface area contributed by atoms with E-state index in [1.54, 1.807) is 17.3 Å². The van der Waals surface area contributed by atoms with Gasteiger partial charge in [-0.25, -0.2) is 0 Å². The van der Waals surface area contributed by atoms with Crippen LogP contribution in [0.15, 0.2) is 18.5 Å². The van der Waals surface area contributed by atoms with E-state index in [9.17, 15) is 9.00 Å². The maximum atomic E-state index is 12.4. The number of rotatable bonds is 1. The number of amides is 1. The van der Waals surface area contributed by atoms with Crippen LogP contribution in [0.3, 0.4) is 0 Å². The summed E-state index contributed by atoms with van der Waals surface area (Å²) in [6.45, 7) is 1.08. The average molecular weight is 295 g/mol. The molecule has 7 heteroatoms. The Balaban J connectivity index is 1.93. The summed E-state index contributed by atoms with van der Waals surface area (Å²) in [6, 6.07) is 1.82. The van der Waals surface area contributed by atoms with E-state index in [1.807, 2.05) is 6.07 Å². The maximum Gasteiger partial charge on any atom is 0.266 e. The Labute approximate surface area is 116 Å². The van der Waals surface area contributed by atoms with Crippen LogP contribution in [0.5, 0.6) is 0 Å². The highest BCUT2D eigenvalue weighted by molar-refractivity contribution is 7.85. The van der Waals surface area contributed by atoms with Gasteiger partial charge in [-0.15, -0.1) is 11.3 Å². The Hall–Kier alpha value is -1.47. The zero-order valence-electron chi connectivity index (χ0n) is 10.2. The van der Waals surface area contributed by atoms with Crippen molar-refractivity contribution in [2.45, 2.75) is 0 Å². The third-order valence-electron chi connectivity index (χ3n) is 3.19. The van der Waals surface area contributed by atoms with Gasteiger partial charge in [0.2, 0.25) is 0 Å². The van der Waals surface area contributed by atoms with Crippen LogP contribution in [0.25, 0.3) is 10.1 Å². The predicted molar refractivity (Wildman–Crippen MR) is 77.8 cm³/mol. The first-order valence-corrected chi connectivity index (χ1v) is 8.23. The minimum Gasteiger partial charge on any atom is -0.397 e. The highest BCUT2D eigenvalue weighted by atomic mass is 32.2. The van der Waals surface area contributed by atoms with Crippen molar-refractivity contribution in [3.63, 3.8) is 0 Å². The lowest BCUT2D eigenvalue weighted by atomic mass is 10.2. The summed E-state index contributed by atoms with van der Waals surface area (Å²) in [5.41, 5.74) is 6.58. The number of fused-ring (bicyclic) bond motifs is 1. The molecule has 2 aromatic heterocycles. The lowest BCUT2D eigenvalue weighted by Gasteiger charge is -2.25. The molecule has 0 aromatic carbocycles. The van der Waals surface area contributed by atoms with Crippen molar-refractivity contribution in [3.8, 4) is 0 Å². The van der Waals surface area contributed by atoms with E-state index >= 15 is 0 Å². The van der Waals surface area contributed by atoms with Crippen LogP contribution in [0, 0.1) is 0 Å². The van der Waals surface area contributed by atoms with Gasteiger partial charge in [-0.3, -0.25) is 14.0 Å². The van der Waals surface area contributed by atoms with E-state index in [0.29, 0.717) is 35.2 Å². The second-order valence-corrected chi connectivity index (χ2v) is 7.11. The van der Waals surface area contributed by atoms with Crippen molar-refractivity contribution in [1.29, 1.82) is 0 Å². The molecule has 2 N–H and O–H groups in total. The number of hydrogen-bond donors (Lipinski definition) is 1. The van der Waals surface area contributed by atoms with Gasteiger partial charge in [-0.05, 0) is 6.07 Å². The molecule has 2 aromatic rings. The number of nitrogens with zero attached hydrogens (tertiary/aromatic N) is 2. The zero-order chi connectivity index (χ0) is 13.4. The zero-order valence-corrected chi connectivity index (χ0v) is 11.8. The van der Waals surface area contributed by atoms with E-state index in [4.69, 9.17) is 5.73 Å². The van der Waals surface area contributed by atoms with Crippen LogP contribution in [0.4, 0.5) is 5.69 Å². The number of carbonyl (C=O) groups is 1. The summed E-state index contributed by atoms with van der Waals surface area (Å²) in [5.74, 6) is 1.05. The summed E-state index contributed by atoms with van der Waals surface area (Å²) in [5, 5.41) is 0.879. The molecule has 3 rings (SSSR count). The summed E-state index contributed by atoms with van der Waals surface area (Å²) in [7, 11) is -0.786. The number of pyridine rings is 1. The molecule has 3 heterocycles. The van der Waals surface area contributed by atoms with Crippen LogP contribution < -0.4 is 5.73 Å². The summed E-state index contributed by atoms with van der Waals surface area (Å²) < 4.78 is 12.2. The van der Waals surface area contributed by atoms with E-state index in [1.165, 1.54) is 11.3 Å². The number of carbonyl (C=O) groups excluding carboxylic acids is 1. The molecule has 0 saturated carbocycles. The van der Waals surface area contributed by atoms with Gasteiger partial charge in [0.25, 0.3) is 5.91 Å². The molecule has 19 heavy (non-hydrogen) atoms. The lowest BCUT2D eigenvalue weighted by molar-refractivity contribution is 0.0777. The molecule has 0 aliphatic carbocycles. The smallest absolute Gasteiger partial charge is 0.266 e. The molecular formula is C12H13N3O2S2. The van der Waals surface area contributed by atoms with Crippen molar-refractivity contribution in [1.82, 2.24) is 9.88 Å². The third kappa shape index (κ3) is 2.23.